The number of thioether (sulfide) groups is 1. The van der Waals surface area contributed by atoms with Crippen molar-refractivity contribution < 1.29 is 0 Å². The number of aromatic nitrogens is 1. The quantitative estimate of drug-likeness (QED) is 0.444. The number of nitrogens with zero attached hydrogens (tertiary/aromatic N) is 1. The van der Waals surface area contributed by atoms with Gasteiger partial charge in [0.25, 0.3) is 0 Å². The highest BCUT2D eigenvalue weighted by Crippen LogP contribution is 2.16. The van der Waals surface area contributed by atoms with E-state index < -0.39 is 0 Å². The minimum Gasteiger partial charge on any atom is -0.308 e. The van der Waals surface area contributed by atoms with Crippen molar-refractivity contribution in [2.24, 2.45) is 11.8 Å². The zero-order valence-corrected chi connectivity index (χ0v) is 10.2. The molecule has 0 atom stereocenters. The number of hydrogen-bond acceptors (Lipinski definition) is 4. The number of hydrazine groups is 1. The van der Waals surface area contributed by atoms with Crippen LogP contribution in [0.2, 0.25) is 0 Å². The predicted octanol–water partition coefficient (Wildman–Crippen LogP) is 2.65. The monoisotopic (exact) mass is 225 g/mol. The Bertz CT molecular complexity index is 289. The average molecular weight is 225 g/mol. The van der Waals surface area contributed by atoms with Gasteiger partial charge < -0.3 is 5.43 Å². The fourth-order valence-corrected chi connectivity index (χ4v) is 2.35. The molecule has 0 aromatic carbocycles. The highest BCUT2D eigenvalue weighted by Gasteiger charge is 1.98. The van der Waals surface area contributed by atoms with Gasteiger partial charge in [0.15, 0.2) is 0 Å². The van der Waals surface area contributed by atoms with Gasteiger partial charge in [-0.1, -0.05) is 13.8 Å². The standard InChI is InChI=1S/C11H19N3S/c1-9(2)4-6-15-8-10-3-5-13-11(7-10)14-12/h3,5,7,9H,4,6,8,12H2,1-2H3,(H,13,14). The number of nitrogens with two attached hydrogens (primary N) is 1. The first-order chi connectivity index (χ1) is 7.22. The Morgan fingerprint density at radius 3 is 3.00 bits per heavy atom. The maximum absolute atomic E-state index is 5.29. The van der Waals surface area contributed by atoms with Crippen LogP contribution in [-0.2, 0) is 5.75 Å². The molecule has 0 spiro atoms. The summed E-state index contributed by atoms with van der Waals surface area (Å²) in [6.07, 6.45) is 3.06. The second-order valence-corrected chi connectivity index (χ2v) is 5.03. The Balaban J connectivity index is 2.30. The summed E-state index contributed by atoms with van der Waals surface area (Å²) in [6, 6.07) is 4.02. The summed E-state index contributed by atoms with van der Waals surface area (Å²) in [6.45, 7) is 4.51. The van der Waals surface area contributed by atoms with Gasteiger partial charge in [-0.25, -0.2) is 10.8 Å². The lowest BCUT2D eigenvalue weighted by Gasteiger charge is -2.05. The molecular formula is C11H19N3S. The number of nitrogens with one attached hydrogen (secondary N) is 1. The molecule has 1 heterocycles. The highest BCUT2D eigenvalue weighted by atomic mass is 32.2. The third kappa shape index (κ3) is 5.04. The molecule has 0 amide bonds. The maximum Gasteiger partial charge on any atom is 0.140 e. The van der Waals surface area contributed by atoms with Crippen LogP contribution in [0, 0.1) is 5.92 Å². The van der Waals surface area contributed by atoms with Crippen LogP contribution in [0.25, 0.3) is 0 Å². The van der Waals surface area contributed by atoms with E-state index in [4.69, 9.17) is 5.84 Å². The molecule has 1 aromatic rings. The van der Waals surface area contributed by atoms with Crippen molar-refractivity contribution in [3.8, 4) is 0 Å². The third-order valence-electron chi connectivity index (χ3n) is 2.08. The van der Waals surface area contributed by atoms with Gasteiger partial charge in [-0.3, -0.25) is 0 Å². The van der Waals surface area contributed by atoms with Crippen LogP contribution in [-0.4, -0.2) is 10.7 Å². The first-order valence-electron chi connectivity index (χ1n) is 5.21. The summed E-state index contributed by atoms with van der Waals surface area (Å²) >= 11 is 1.96. The van der Waals surface area contributed by atoms with Crippen LogP contribution < -0.4 is 11.3 Å². The summed E-state index contributed by atoms with van der Waals surface area (Å²) < 4.78 is 0. The van der Waals surface area contributed by atoms with Crippen molar-refractivity contribution in [1.82, 2.24) is 4.98 Å². The molecular weight excluding hydrogens is 206 g/mol. The molecule has 1 rings (SSSR count). The van der Waals surface area contributed by atoms with E-state index in [1.807, 2.05) is 23.9 Å². The van der Waals surface area contributed by atoms with Gasteiger partial charge in [0.2, 0.25) is 0 Å². The minimum atomic E-state index is 0.733. The number of nitrogen functional groups attached to an aromatic ring is 1. The molecule has 84 valence electrons. The SMILES string of the molecule is CC(C)CCSCc1ccnc(NN)c1. The largest absolute Gasteiger partial charge is 0.308 e. The van der Waals surface area contributed by atoms with E-state index in [0.29, 0.717) is 0 Å². The fraction of sp³-hybridized carbons (Fsp3) is 0.545. The fourth-order valence-electron chi connectivity index (χ4n) is 1.15. The lowest BCUT2D eigenvalue weighted by Crippen LogP contribution is -2.08. The van der Waals surface area contributed by atoms with E-state index in [0.717, 1.165) is 17.5 Å². The van der Waals surface area contributed by atoms with E-state index in [2.05, 4.69) is 24.3 Å². The molecule has 0 aliphatic carbocycles. The maximum atomic E-state index is 5.29. The van der Waals surface area contributed by atoms with Gasteiger partial charge in [-0.05, 0) is 35.8 Å². The first-order valence-corrected chi connectivity index (χ1v) is 6.37. The van der Waals surface area contributed by atoms with Crippen LogP contribution in [0.4, 0.5) is 5.82 Å². The normalized spacial score (nSPS) is 10.7. The van der Waals surface area contributed by atoms with Crippen molar-refractivity contribution in [3.05, 3.63) is 23.9 Å². The number of rotatable bonds is 6. The van der Waals surface area contributed by atoms with Crippen molar-refractivity contribution >= 4 is 17.6 Å². The van der Waals surface area contributed by atoms with Crippen LogP contribution in [0.1, 0.15) is 25.8 Å². The summed E-state index contributed by atoms with van der Waals surface area (Å²) in [4.78, 5) is 4.07. The predicted molar refractivity (Wildman–Crippen MR) is 67.7 cm³/mol. The summed E-state index contributed by atoms with van der Waals surface area (Å²) in [5, 5.41) is 0. The molecule has 0 radical (unpaired) electrons. The zero-order valence-electron chi connectivity index (χ0n) is 9.36. The summed E-state index contributed by atoms with van der Waals surface area (Å²) in [5.41, 5.74) is 3.83. The van der Waals surface area contributed by atoms with E-state index >= 15 is 0 Å². The molecule has 1 aromatic heterocycles. The van der Waals surface area contributed by atoms with Crippen LogP contribution in [0.3, 0.4) is 0 Å². The van der Waals surface area contributed by atoms with Crippen molar-refractivity contribution in [3.63, 3.8) is 0 Å². The van der Waals surface area contributed by atoms with E-state index in [9.17, 15) is 0 Å². The molecule has 4 heteroatoms. The molecule has 0 aliphatic heterocycles. The van der Waals surface area contributed by atoms with Crippen molar-refractivity contribution in [1.29, 1.82) is 0 Å². The average Bonchev–Trinajstić information content (AvgIpc) is 2.24. The molecule has 0 aliphatic rings. The van der Waals surface area contributed by atoms with Crippen LogP contribution >= 0.6 is 11.8 Å². The molecule has 0 bridgehead atoms. The van der Waals surface area contributed by atoms with Gasteiger partial charge in [0.05, 0.1) is 0 Å². The van der Waals surface area contributed by atoms with Gasteiger partial charge >= 0.3 is 0 Å². The second-order valence-electron chi connectivity index (χ2n) is 3.93. The highest BCUT2D eigenvalue weighted by molar-refractivity contribution is 7.98. The molecule has 0 saturated carbocycles. The van der Waals surface area contributed by atoms with Crippen LogP contribution in [0.15, 0.2) is 18.3 Å². The summed E-state index contributed by atoms with van der Waals surface area (Å²) in [5.74, 6) is 9.06. The third-order valence-corrected chi connectivity index (χ3v) is 3.14. The first kappa shape index (κ1) is 12.3. The van der Waals surface area contributed by atoms with E-state index in [1.54, 1.807) is 6.20 Å². The lowest BCUT2D eigenvalue weighted by atomic mass is 10.2. The van der Waals surface area contributed by atoms with Gasteiger partial charge in [0.1, 0.15) is 5.82 Å². The van der Waals surface area contributed by atoms with Gasteiger partial charge in [0, 0.05) is 11.9 Å². The molecule has 0 unspecified atom stereocenters. The van der Waals surface area contributed by atoms with Crippen LogP contribution in [0.5, 0.6) is 0 Å². The second kappa shape index (κ2) is 6.69. The number of hydrogen-bond donors (Lipinski definition) is 2. The van der Waals surface area contributed by atoms with Crippen molar-refractivity contribution in [2.75, 3.05) is 11.2 Å². The molecule has 15 heavy (non-hydrogen) atoms. The molecule has 0 saturated heterocycles. The number of pyridine rings is 1. The Morgan fingerprint density at radius 1 is 1.53 bits per heavy atom. The Labute approximate surface area is 95.8 Å². The van der Waals surface area contributed by atoms with E-state index in [-0.39, 0.29) is 0 Å². The lowest BCUT2D eigenvalue weighted by molar-refractivity contribution is 0.632. The molecule has 0 fully saturated rings. The smallest absolute Gasteiger partial charge is 0.140 e. The Hall–Kier alpha value is -0.740. The van der Waals surface area contributed by atoms with Gasteiger partial charge in [-0.2, -0.15) is 11.8 Å². The molecule has 3 N–H and O–H groups in total. The van der Waals surface area contributed by atoms with E-state index in [1.165, 1.54) is 17.7 Å². The zero-order chi connectivity index (χ0) is 11.1. The van der Waals surface area contributed by atoms with Gasteiger partial charge in [-0.15, -0.1) is 0 Å². The topological polar surface area (TPSA) is 50.9 Å². The van der Waals surface area contributed by atoms with Crippen molar-refractivity contribution in [2.45, 2.75) is 26.0 Å². The number of anilines is 1. The Morgan fingerprint density at radius 2 is 2.33 bits per heavy atom. The molecule has 3 nitrogen and oxygen atoms in total. The minimum absolute atomic E-state index is 0.733. The Kier molecular flexibility index (Phi) is 5.50. The summed E-state index contributed by atoms with van der Waals surface area (Å²) in [7, 11) is 0.